The second-order valence-corrected chi connectivity index (χ2v) is 22.0. The maximum Gasteiger partial charge on any atom is 0.410 e. The van der Waals surface area contributed by atoms with Gasteiger partial charge >= 0.3 is 6.09 Å². The lowest BCUT2D eigenvalue weighted by Crippen LogP contribution is -2.56. The normalized spacial score (nSPS) is 19.4. The number of halogens is 4. The number of aryl methyl sites for hydroxylation is 4. The zero-order valence-electron chi connectivity index (χ0n) is 47.6. The molecule has 2 aromatic heterocycles. The van der Waals surface area contributed by atoms with E-state index < -0.39 is 23.1 Å². The van der Waals surface area contributed by atoms with Crippen molar-refractivity contribution in [2.45, 2.75) is 179 Å². The van der Waals surface area contributed by atoms with Crippen molar-refractivity contribution in [1.82, 2.24) is 24.7 Å². The average Bonchev–Trinajstić information content (AvgIpc) is 3.28. The molecule has 3 heterocycles. The molecule has 2 N–H and O–H groups in total. The number of hydrogen-bond acceptors (Lipinski definition) is 8. The number of rotatable bonds is 12. The van der Waals surface area contributed by atoms with Crippen molar-refractivity contribution < 1.29 is 27.9 Å². The van der Waals surface area contributed by atoms with E-state index in [1.807, 2.05) is 95.2 Å². The highest BCUT2D eigenvalue weighted by molar-refractivity contribution is 5.98. The van der Waals surface area contributed by atoms with E-state index in [9.17, 15) is 32.8 Å². The molecule has 2 aliphatic rings. The first-order valence-electron chi connectivity index (χ1n) is 26.1. The summed E-state index contributed by atoms with van der Waals surface area (Å²) in [5.74, 6) is -0.457. The first kappa shape index (κ1) is 63.9. The van der Waals surface area contributed by atoms with Crippen molar-refractivity contribution >= 4 is 54.1 Å². The van der Waals surface area contributed by atoms with Gasteiger partial charge in [0, 0.05) is 109 Å². The van der Waals surface area contributed by atoms with E-state index in [1.165, 1.54) is 24.6 Å². The molecule has 1 aliphatic carbocycles. The first-order valence-corrected chi connectivity index (χ1v) is 26.1. The molecule has 0 unspecified atom stereocenters. The van der Waals surface area contributed by atoms with Crippen molar-refractivity contribution in [3.63, 3.8) is 0 Å². The Morgan fingerprint density at radius 3 is 1.32 bits per heavy atom. The van der Waals surface area contributed by atoms with Crippen LogP contribution in [0, 0.1) is 65.0 Å². The fourth-order valence-corrected chi connectivity index (χ4v) is 11.3. The maximum atomic E-state index is 15.0. The van der Waals surface area contributed by atoms with Crippen LogP contribution in [0.1, 0.15) is 160 Å². The summed E-state index contributed by atoms with van der Waals surface area (Å²) >= 11 is 0. The number of benzene rings is 2. The molecule has 0 bridgehead atoms. The smallest absolute Gasteiger partial charge is 0.410 e. The fourth-order valence-electron chi connectivity index (χ4n) is 11.3. The number of piperidine rings is 1. The van der Waals surface area contributed by atoms with E-state index in [-0.39, 0.29) is 84.7 Å². The van der Waals surface area contributed by atoms with Gasteiger partial charge in [0.2, 0.25) is 0 Å². The van der Waals surface area contributed by atoms with Gasteiger partial charge in [-0.25, -0.2) is 13.6 Å². The van der Waals surface area contributed by atoms with E-state index in [0.717, 1.165) is 53.2 Å². The Hall–Kier alpha value is -5.41. The van der Waals surface area contributed by atoms with E-state index in [4.69, 9.17) is 4.74 Å². The molecule has 3 amide bonds. The second kappa shape index (κ2) is 26.6. The number of likely N-dealkylation sites (tertiary alicyclic amines) is 1. The molecule has 1 saturated carbocycles. The van der Waals surface area contributed by atoms with Crippen LogP contribution in [-0.4, -0.2) is 74.8 Å². The summed E-state index contributed by atoms with van der Waals surface area (Å²) in [5, 5.41) is 5.68. The van der Waals surface area contributed by atoms with Gasteiger partial charge in [0.1, 0.15) is 17.2 Å². The Kier molecular flexibility index (Phi) is 22.6. The molecule has 13 nitrogen and oxygen atoms in total. The van der Waals surface area contributed by atoms with E-state index >= 15 is 0 Å². The maximum absolute atomic E-state index is 15.0. The van der Waals surface area contributed by atoms with Crippen LogP contribution in [-0.2, 0) is 31.9 Å². The Balaban J connectivity index is 0.000000391. The Morgan fingerprint density at radius 2 is 0.973 bits per heavy atom. The highest BCUT2D eigenvalue weighted by Gasteiger charge is 2.39. The van der Waals surface area contributed by atoms with Crippen LogP contribution in [0.25, 0.3) is 0 Å². The molecular weight excluding hydrogens is 1000 g/mol. The quantitative estimate of drug-likeness (QED) is 0.143. The lowest BCUT2D eigenvalue weighted by atomic mass is 9.79. The van der Waals surface area contributed by atoms with Crippen molar-refractivity contribution in [2.75, 3.05) is 22.9 Å². The minimum Gasteiger partial charge on any atom is -0.444 e. The van der Waals surface area contributed by atoms with Crippen molar-refractivity contribution in [3.8, 4) is 0 Å². The molecule has 2 aromatic carbocycles. The first-order chi connectivity index (χ1) is 34.1. The summed E-state index contributed by atoms with van der Waals surface area (Å²) in [7, 11) is 3.42. The lowest BCUT2D eigenvalue weighted by molar-refractivity contribution is -0.00253. The number of nitrogens with one attached hydrogen (secondary N) is 2. The molecule has 4 atom stereocenters. The van der Waals surface area contributed by atoms with Crippen molar-refractivity contribution in [2.24, 2.45) is 25.9 Å². The molecule has 1 aliphatic heterocycles. The number of hydrogen-bond donors (Lipinski definition) is 2. The van der Waals surface area contributed by atoms with Gasteiger partial charge in [-0.15, -0.1) is 24.8 Å². The molecule has 17 heteroatoms. The Morgan fingerprint density at radius 1 is 0.613 bits per heavy atom. The number of pyridine rings is 2. The molecule has 4 aromatic rings. The monoisotopic (exact) mass is 1080 g/mol. The van der Waals surface area contributed by atoms with Crippen LogP contribution in [0.2, 0.25) is 0 Å². The van der Waals surface area contributed by atoms with Crippen molar-refractivity contribution in [3.05, 3.63) is 125 Å². The highest BCUT2D eigenvalue weighted by atomic mass is 35.5. The zero-order valence-corrected chi connectivity index (χ0v) is 49.2. The van der Waals surface area contributed by atoms with Crippen LogP contribution in [0.4, 0.5) is 25.0 Å². The van der Waals surface area contributed by atoms with Gasteiger partial charge in [-0.05, 0) is 193 Å². The summed E-state index contributed by atoms with van der Waals surface area (Å²) in [6, 6.07) is 9.65. The van der Waals surface area contributed by atoms with Crippen LogP contribution in [0.3, 0.4) is 0 Å². The largest absolute Gasteiger partial charge is 0.444 e. The molecule has 6 rings (SSSR count). The lowest BCUT2D eigenvalue weighted by Gasteiger charge is -2.47. The molecule has 2 fully saturated rings. The standard InChI is InChI=1S/C31H45FN4O4.C27H38FN3O2.2ClH/c1-11-35(24-13-20(4)36(21(5)14-24)30(39)40-31(7,8)9)27-16-23(32)15-25(22(27)6)28(37)33-17-26-18(2)12-19(3)34(10)29(26)38;1-8-31(22-10-16(2)9-17(3)11-22)25-14-21(28)13-23(20(25)6)26(32)29-15-24-18(4)12-19(5)30(7)27(24)33;;/h12,15-16,20-21,24H,11,13-14,17H2,1-10H3,(H,33,37);12-14,16-17,22H,8-11,15H2,1-7H3,(H,29,32);2*1H/t20-,21-;16-,17-;;/m10../s1. The number of carbonyl (C=O) groups excluding carboxylic acids is 3. The Labute approximate surface area is 457 Å². The van der Waals surface area contributed by atoms with Gasteiger partial charge in [-0.3, -0.25) is 19.2 Å². The number of aromatic nitrogens is 2. The van der Waals surface area contributed by atoms with Crippen LogP contribution in [0.15, 0.2) is 46.0 Å². The molecule has 0 radical (unpaired) electrons. The van der Waals surface area contributed by atoms with E-state index in [2.05, 4.69) is 41.2 Å². The van der Waals surface area contributed by atoms with Crippen LogP contribution in [0.5, 0.6) is 0 Å². The van der Waals surface area contributed by atoms with Crippen LogP contribution < -0.4 is 31.6 Å². The summed E-state index contributed by atoms with van der Waals surface area (Å²) in [6.07, 6.45) is 4.42. The summed E-state index contributed by atoms with van der Waals surface area (Å²) in [4.78, 5) is 70.8. The molecule has 1 saturated heterocycles. The SMILES string of the molecule is CCN(c1cc(F)cc(C(=O)NCc2c(C)cc(C)n(C)c2=O)c1C)C1C[C@@H](C)C[C@H](C)C1.CCN(c1cc(F)cc(C(=O)NCc2c(C)cc(C)n(C)c2=O)c1C)C1C[C@@H](C)N(C(=O)OC(C)(C)C)[C@H](C)C1.Cl.Cl. The number of amides is 3. The van der Waals surface area contributed by atoms with Gasteiger partial charge in [-0.1, -0.05) is 13.8 Å². The summed E-state index contributed by atoms with van der Waals surface area (Å²) < 4.78 is 38.5. The van der Waals surface area contributed by atoms with Crippen molar-refractivity contribution in [1.29, 1.82) is 0 Å². The topological polar surface area (TPSA) is 138 Å². The van der Waals surface area contributed by atoms with E-state index in [0.29, 0.717) is 65.2 Å². The minimum absolute atomic E-state index is 0. The predicted molar refractivity (Wildman–Crippen MR) is 303 cm³/mol. The summed E-state index contributed by atoms with van der Waals surface area (Å²) in [6.45, 7) is 30.9. The highest BCUT2D eigenvalue weighted by Crippen LogP contribution is 2.37. The van der Waals surface area contributed by atoms with E-state index in [1.54, 1.807) is 34.2 Å². The predicted octanol–water partition coefficient (Wildman–Crippen LogP) is 11.3. The second-order valence-electron chi connectivity index (χ2n) is 22.0. The number of carbonyl (C=O) groups is 3. The fraction of sp³-hybridized carbons (Fsp3) is 0.569. The van der Waals surface area contributed by atoms with Gasteiger partial charge in [0.25, 0.3) is 22.9 Å². The van der Waals surface area contributed by atoms with Gasteiger partial charge < -0.3 is 39.2 Å². The average molecular weight is 1090 g/mol. The Bertz CT molecular complexity index is 2790. The van der Waals surface area contributed by atoms with Gasteiger partial charge in [-0.2, -0.15) is 0 Å². The molecule has 416 valence electrons. The third kappa shape index (κ3) is 15.2. The third-order valence-electron chi connectivity index (χ3n) is 15.1. The number of anilines is 2. The van der Waals surface area contributed by atoms with Gasteiger partial charge in [0.05, 0.1) is 0 Å². The third-order valence-corrected chi connectivity index (χ3v) is 15.1. The molecule has 0 spiro atoms. The number of nitrogens with zero attached hydrogens (tertiary/aromatic N) is 5. The molecule has 75 heavy (non-hydrogen) atoms. The van der Waals surface area contributed by atoms with Crippen LogP contribution >= 0.6 is 24.8 Å². The summed E-state index contributed by atoms with van der Waals surface area (Å²) in [5.41, 5.74) is 6.98. The number of ether oxygens (including phenoxy) is 1. The minimum atomic E-state index is -0.580. The van der Waals surface area contributed by atoms with Gasteiger partial charge in [0.15, 0.2) is 0 Å². The molecular formula is C58H85Cl2F2N7O6. The zero-order chi connectivity index (χ0) is 54.5.